The molecule has 0 unspecified atom stereocenters. The van der Waals surface area contributed by atoms with E-state index in [2.05, 4.69) is 22.1 Å². The third-order valence-corrected chi connectivity index (χ3v) is 6.81. The van der Waals surface area contributed by atoms with Crippen LogP contribution in [0.5, 0.6) is 0 Å². The van der Waals surface area contributed by atoms with Gasteiger partial charge in [-0.1, -0.05) is 42.2 Å². The number of benzene rings is 3. The van der Waals surface area contributed by atoms with Gasteiger partial charge in [-0.05, 0) is 65.8 Å². The van der Waals surface area contributed by atoms with Gasteiger partial charge in [0.1, 0.15) is 5.78 Å². The van der Waals surface area contributed by atoms with Crippen LogP contribution in [0.1, 0.15) is 52.7 Å². The van der Waals surface area contributed by atoms with Crippen molar-refractivity contribution in [3.05, 3.63) is 95.2 Å². The van der Waals surface area contributed by atoms with Gasteiger partial charge in [-0.3, -0.25) is 9.59 Å². The van der Waals surface area contributed by atoms with Crippen molar-refractivity contribution in [1.29, 1.82) is 0 Å². The van der Waals surface area contributed by atoms with Crippen molar-refractivity contribution in [2.45, 2.75) is 32.2 Å². The molecule has 0 radical (unpaired) electrons. The fraction of sp³-hybridized carbons (Fsp3) is 0.194. The molecule has 0 atom stereocenters. The number of carbonyl (C=O) groups is 3. The fourth-order valence-corrected chi connectivity index (χ4v) is 4.73. The standard InChI is InChI=1S/C31H26N2O4/c34-26-14-12-24(13-15-26)30(35)33-19-21-6-4-20(5-7-21)8-9-23-2-1-3-27(31(36)37)29(23)25-11-10-22-16-17-32-28(22)18-25/h1-7,10-11,16-18,24,32H,12-15,19H2,(H,33,35)(H,36,37). The molecule has 6 heteroatoms. The number of amides is 1. The SMILES string of the molecule is O=C1CCC(C(=O)NCc2ccc(C#Cc3cccc(C(=O)O)c3-c3ccc4cc[nH]c4c3)cc2)CC1. The van der Waals surface area contributed by atoms with Crippen LogP contribution in [0.15, 0.2) is 72.9 Å². The predicted octanol–water partition coefficient (Wildman–Crippen LogP) is 5.31. The van der Waals surface area contributed by atoms with Gasteiger partial charge in [-0.15, -0.1) is 0 Å². The van der Waals surface area contributed by atoms with E-state index in [1.54, 1.807) is 12.1 Å². The molecule has 3 N–H and O–H groups in total. The van der Waals surface area contributed by atoms with Crippen molar-refractivity contribution in [3.63, 3.8) is 0 Å². The molecule has 1 heterocycles. The summed E-state index contributed by atoms with van der Waals surface area (Å²) in [6, 6.07) is 20.5. The number of carboxylic acid groups (broad SMARTS) is 1. The lowest BCUT2D eigenvalue weighted by atomic mass is 9.88. The van der Waals surface area contributed by atoms with Crippen LogP contribution in [-0.4, -0.2) is 27.8 Å². The molecule has 184 valence electrons. The van der Waals surface area contributed by atoms with Gasteiger partial charge >= 0.3 is 5.97 Å². The normalized spacial score (nSPS) is 13.7. The number of hydrogen-bond acceptors (Lipinski definition) is 3. The monoisotopic (exact) mass is 490 g/mol. The summed E-state index contributed by atoms with van der Waals surface area (Å²) in [5, 5.41) is 13.8. The lowest BCUT2D eigenvalue weighted by Crippen LogP contribution is -2.32. The first-order valence-corrected chi connectivity index (χ1v) is 12.3. The minimum Gasteiger partial charge on any atom is -0.478 e. The number of carboxylic acids is 1. The second-order valence-electron chi connectivity index (χ2n) is 9.29. The minimum absolute atomic E-state index is 0.000235. The Balaban J connectivity index is 1.34. The first-order chi connectivity index (χ1) is 18.0. The maximum absolute atomic E-state index is 12.4. The van der Waals surface area contributed by atoms with Crippen molar-refractivity contribution in [2.24, 2.45) is 5.92 Å². The van der Waals surface area contributed by atoms with E-state index < -0.39 is 5.97 Å². The summed E-state index contributed by atoms with van der Waals surface area (Å²) in [5.74, 6) is 5.46. The smallest absolute Gasteiger partial charge is 0.336 e. The fourth-order valence-electron chi connectivity index (χ4n) is 4.73. The van der Waals surface area contributed by atoms with Crippen molar-refractivity contribution in [1.82, 2.24) is 10.3 Å². The van der Waals surface area contributed by atoms with Crippen LogP contribution in [0.25, 0.3) is 22.0 Å². The number of H-pyrrole nitrogens is 1. The zero-order chi connectivity index (χ0) is 25.8. The number of fused-ring (bicyclic) bond motifs is 1. The van der Waals surface area contributed by atoms with Gasteiger partial charge < -0.3 is 15.4 Å². The second-order valence-corrected chi connectivity index (χ2v) is 9.29. The van der Waals surface area contributed by atoms with E-state index in [0.29, 0.717) is 43.4 Å². The summed E-state index contributed by atoms with van der Waals surface area (Å²) in [6.07, 6.45) is 4.09. The molecule has 1 aliphatic carbocycles. The van der Waals surface area contributed by atoms with Crippen LogP contribution in [0, 0.1) is 17.8 Å². The number of nitrogens with one attached hydrogen (secondary N) is 2. The summed E-state index contributed by atoms with van der Waals surface area (Å²) in [5.41, 5.74) is 4.87. The largest absolute Gasteiger partial charge is 0.478 e. The van der Waals surface area contributed by atoms with Crippen LogP contribution >= 0.6 is 0 Å². The summed E-state index contributed by atoms with van der Waals surface area (Å²) >= 11 is 0. The molecule has 5 rings (SSSR count). The third-order valence-electron chi connectivity index (χ3n) is 6.81. The number of rotatable bonds is 5. The predicted molar refractivity (Wildman–Crippen MR) is 142 cm³/mol. The topological polar surface area (TPSA) is 99.3 Å². The van der Waals surface area contributed by atoms with Crippen LogP contribution in [0.3, 0.4) is 0 Å². The van der Waals surface area contributed by atoms with E-state index in [9.17, 15) is 19.5 Å². The Kier molecular flexibility index (Phi) is 6.87. The molecule has 3 aromatic carbocycles. The Morgan fingerprint density at radius 2 is 1.76 bits per heavy atom. The molecule has 1 amide bonds. The van der Waals surface area contributed by atoms with Gasteiger partial charge in [0, 0.05) is 53.7 Å². The molecule has 0 saturated heterocycles. The average molecular weight is 491 g/mol. The quantitative estimate of drug-likeness (QED) is 0.330. The Morgan fingerprint density at radius 1 is 0.973 bits per heavy atom. The van der Waals surface area contributed by atoms with Crippen molar-refractivity contribution >= 4 is 28.6 Å². The molecule has 1 saturated carbocycles. The van der Waals surface area contributed by atoms with E-state index in [4.69, 9.17) is 0 Å². The first-order valence-electron chi connectivity index (χ1n) is 12.3. The lowest BCUT2D eigenvalue weighted by Gasteiger charge is -2.20. The lowest BCUT2D eigenvalue weighted by molar-refractivity contribution is -0.128. The summed E-state index contributed by atoms with van der Waals surface area (Å²) in [7, 11) is 0. The van der Waals surface area contributed by atoms with Gasteiger partial charge in [0.05, 0.1) is 5.56 Å². The molecule has 0 spiro atoms. The van der Waals surface area contributed by atoms with E-state index in [-0.39, 0.29) is 23.2 Å². The van der Waals surface area contributed by atoms with Gasteiger partial charge in [0.15, 0.2) is 0 Å². The summed E-state index contributed by atoms with van der Waals surface area (Å²) in [4.78, 5) is 39.0. The Morgan fingerprint density at radius 3 is 2.51 bits per heavy atom. The number of hydrogen-bond donors (Lipinski definition) is 3. The van der Waals surface area contributed by atoms with E-state index in [1.807, 2.05) is 60.8 Å². The van der Waals surface area contributed by atoms with Gasteiger partial charge in [-0.2, -0.15) is 0 Å². The number of ketones is 1. The molecule has 1 aromatic heterocycles. The maximum Gasteiger partial charge on any atom is 0.336 e. The zero-order valence-corrected chi connectivity index (χ0v) is 20.2. The Bertz CT molecular complexity index is 1540. The molecule has 37 heavy (non-hydrogen) atoms. The summed E-state index contributed by atoms with van der Waals surface area (Å²) < 4.78 is 0. The summed E-state index contributed by atoms with van der Waals surface area (Å²) in [6.45, 7) is 0.420. The second kappa shape index (κ2) is 10.5. The third kappa shape index (κ3) is 5.46. The molecule has 4 aromatic rings. The number of Topliss-reactive ketones (excluding diaryl/α,β-unsaturated/α-hetero) is 1. The number of aromatic carboxylic acids is 1. The van der Waals surface area contributed by atoms with Crippen LogP contribution in [0.4, 0.5) is 0 Å². The number of aromatic nitrogens is 1. The van der Waals surface area contributed by atoms with E-state index in [1.165, 1.54) is 0 Å². The molecule has 6 nitrogen and oxygen atoms in total. The highest BCUT2D eigenvalue weighted by Crippen LogP contribution is 2.30. The maximum atomic E-state index is 12.4. The highest BCUT2D eigenvalue weighted by atomic mass is 16.4. The number of aromatic amines is 1. The molecule has 1 aliphatic rings. The van der Waals surface area contributed by atoms with Gasteiger partial charge in [-0.25, -0.2) is 4.79 Å². The molecule has 1 fully saturated rings. The Labute approximate surface area is 214 Å². The van der Waals surface area contributed by atoms with Crippen molar-refractivity contribution in [2.75, 3.05) is 0 Å². The average Bonchev–Trinajstić information content (AvgIpc) is 3.39. The minimum atomic E-state index is -1.00. The highest BCUT2D eigenvalue weighted by Gasteiger charge is 2.24. The molecule has 0 aliphatic heterocycles. The molecular formula is C31H26N2O4. The van der Waals surface area contributed by atoms with Crippen molar-refractivity contribution < 1.29 is 19.5 Å². The number of carbonyl (C=O) groups excluding carboxylic acids is 2. The zero-order valence-electron chi connectivity index (χ0n) is 20.2. The van der Waals surface area contributed by atoms with Crippen LogP contribution in [-0.2, 0) is 16.1 Å². The van der Waals surface area contributed by atoms with Crippen LogP contribution < -0.4 is 5.32 Å². The highest BCUT2D eigenvalue weighted by molar-refractivity contribution is 5.99. The van der Waals surface area contributed by atoms with E-state index in [0.717, 1.165) is 27.6 Å². The van der Waals surface area contributed by atoms with E-state index >= 15 is 0 Å². The Hall–Kier alpha value is -4.63. The van der Waals surface area contributed by atoms with Crippen molar-refractivity contribution in [3.8, 4) is 23.0 Å². The van der Waals surface area contributed by atoms with Crippen LogP contribution in [0.2, 0.25) is 0 Å². The molecular weight excluding hydrogens is 464 g/mol. The molecule has 0 bridgehead atoms. The van der Waals surface area contributed by atoms with Gasteiger partial charge in [0.25, 0.3) is 0 Å². The first kappa shape index (κ1) is 24.1. The van der Waals surface area contributed by atoms with Gasteiger partial charge in [0.2, 0.25) is 5.91 Å².